The quantitative estimate of drug-likeness (QED) is 0.594. The van der Waals surface area contributed by atoms with Gasteiger partial charge in [0.1, 0.15) is 0 Å². The first-order valence-corrected chi connectivity index (χ1v) is 7.26. The molecule has 0 N–H and O–H groups in total. The van der Waals surface area contributed by atoms with E-state index in [-0.39, 0.29) is 11.9 Å². The van der Waals surface area contributed by atoms with E-state index in [2.05, 4.69) is 18.7 Å². The van der Waals surface area contributed by atoms with Gasteiger partial charge in [-0.05, 0) is 31.1 Å². The summed E-state index contributed by atoms with van der Waals surface area (Å²) in [6.07, 6.45) is 11.5. The summed E-state index contributed by atoms with van der Waals surface area (Å²) in [6, 6.07) is 0. The Hall–Kier alpha value is -0.440. The van der Waals surface area contributed by atoms with E-state index in [0.717, 1.165) is 24.2 Å². The molecule has 1 atom stereocenters. The van der Waals surface area contributed by atoms with Crippen molar-refractivity contribution < 1.29 is 9.53 Å². The zero-order valence-corrected chi connectivity index (χ0v) is 11.7. The van der Waals surface area contributed by atoms with Crippen LogP contribution in [0.1, 0.15) is 58.3 Å². The number of esters is 1. The lowest BCUT2D eigenvalue weighted by atomic mass is 10.00. The normalized spacial score (nSPS) is 23.4. The molecule has 0 saturated heterocycles. The average Bonchev–Trinajstić information content (AvgIpc) is 2.35. The van der Waals surface area contributed by atoms with Crippen LogP contribution in [0.2, 0.25) is 0 Å². The summed E-state index contributed by atoms with van der Waals surface area (Å²) in [4.78, 5) is 12.8. The second-order valence-electron chi connectivity index (χ2n) is 4.63. The molecule has 0 saturated carbocycles. The van der Waals surface area contributed by atoms with Gasteiger partial charge in [0.25, 0.3) is 0 Å². The fraction of sp³-hybridized carbons (Fsp3) is 0.786. The second kappa shape index (κ2) is 8.62. The molecule has 0 spiro atoms. The van der Waals surface area contributed by atoms with E-state index in [0.29, 0.717) is 6.61 Å². The molecule has 0 aromatic heterocycles. The third kappa shape index (κ3) is 5.62. The molecule has 17 heavy (non-hydrogen) atoms. The predicted molar refractivity (Wildman–Crippen MR) is 74.1 cm³/mol. The topological polar surface area (TPSA) is 26.3 Å². The molecular formula is C14H24O2S. The molecular weight excluding hydrogens is 232 g/mol. The minimum Gasteiger partial charge on any atom is -0.466 e. The Labute approximate surface area is 110 Å². The van der Waals surface area contributed by atoms with E-state index in [1.54, 1.807) is 0 Å². The molecule has 0 aromatic carbocycles. The van der Waals surface area contributed by atoms with E-state index in [4.69, 9.17) is 4.74 Å². The summed E-state index contributed by atoms with van der Waals surface area (Å²) in [5.74, 6) is -0.232. The third-order valence-electron chi connectivity index (χ3n) is 3.23. The van der Waals surface area contributed by atoms with Crippen LogP contribution in [0.3, 0.4) is 0 Å². The monoisotopic (exact) mass is 256 g/mol. The Kier molecular flexibility index (Phi) is 7.41. The number of carbonyl (C=O) groups is 1. The fourth-order valence-electron chi connectivity index (χ4n) is 2.22. The minimum absolute atomic E-state index is 0.104. The van der Waals surface area contributed by atoms with Crippen molar-refractivity contribution in [2.75, 3.05) is 6.61 Å². The van der Waals surface area contributed by atoms with Gasteiger partial charge < -0.3 is 4.74 Å². The Morgan fingerprint density at radius 1 is 1.29 bits per heavy atom. The van der Waals surface area contributed by atoms with Crippen molar-refractivity contribution in [3.05, 3.63) is 11.0 Å². The molecule has 1 unspecified atom stereocenters. The molecule has 1 aliphatic rings. The summed E-state index contributed by atoms with van der Waals surface area (Å²) >= 11 is 4.48. The molecule has 3 heteroatoms. The standard InChI is InChI=1S/C14H24O2S/c1-2-16-14(15)12-10-8-6-4-3-5-7-9-11-13(12)17/h11-12,17H,2-10H2,1H3. The SMILES string of the molecule is CCOC(=O)C1CCCCCCCCC=C1S. The third-order valence-corrected chi connectivity index (χ3v) is 3.72. The van der Waals surface area contributed by atoms with E-state index in [1.165, 1.54) is 32.1 Å². The van der Waals surface area contributed by atoms with Crippen LogP contribution in [0.4, 0.5) is 0 Å². The summed E-state index contributed by atoms with van der Waals surface area (Å²) in [5.41, 5.74) is 0. The summed E-state index contributed by atoms with van der Waals surface area (Å²) in [7, 11) is 0. The zero-order chi connectivity index (χ0) is 12.5. The first-order chi connectivity index (χ1) is 8.25. The Morgan fingerprint density at radius 2 is 1.94 bits per heavy atom. The zero-order valence-electron chi connectivity index (χ0n) is 10.8. The van der Waals surface area contributed by atoms with Crippen molar-refractivity contribution in [1.82, 2.24) is 0 Å². The van der Waals surface area contributed by atoms with Gasteiger partial charge in [-0.3, -0.25) is 4.79 Å². The summed E-state index contributed by atoms with van der Waals surface area (Å²) in [6.45, 7) is 2.31. The van der Waals surface area contributed by atoms with Gasteiger partial charge in [0, 0.05) is 0 Å². The van der Waals surface area contributed by atoms with Gasteiger partial charge in [-0.15, -0.1) is 12.6 Å². The smallest absolute Gasteiger partial charge is 0.313 e. The highest BCUT2D eigenvalue weighted by Crippen LogP contribution is 2.25. The van der Waals surface area contributed by atoms with Crippen LogP contribution in [0.15, 0.2) is 11.0 Å². The number of ether oxygens (including phenoxy) is 1. The minimum atomic E-state index is -0.128. The lowest BCUT2D eigenvalue weighted by molar-refractivity contribution is -0.146. The largest absolute Gasteiger partial charge is 0.466 e. The van der Waals surface area contributed by atoms with Crippen LogP contribution >= 0.6 is 12.6 Å². The van der Waals surface area contributed by atoms with Crippen molar-refractivity contribution in [2.45, 2.75) is 58.3 Å². The maximum atomic E-state index is 11.8. The van der Waals surface area contributed by atoms with Gasteiger partial charge in [-0.2, -0.15) is 0 Å². The van der Waals surface area contributed by atoms with Gasteiger partial charge in [-0.25, -0.2) is 0 Å². The Morgan fingerprint density at radius 3 is 2.65 bits per heavy atom. The first-order valence-electron chi connectivity index (χ1n) is 6.81. The van der Waals surface area contributed by atoms with Crippen LogP contribution < -0.4 is 0 Å². The van der Waals surface area contributed by atoms with E-state index in [1.807, 2.05) is 6.92 Å². The highest BCUT2D eigenvalue weighted by Gasteiger charge is 2.21. The molecule has 1 aliphatic carbocycles. The number of allylic oxidation sites excluding steroid dienone is 1. The van der Waals surface area contributed by atoms with Crippen molar-refractivity contribution in [3.63, 3.8) is 0 Å². The molecule has 0 amide bonds. The van der Waals surface area contributed by atoms with E-state index >= 15 is 0 Å². The average molecular weight is 256 g/mol. The van der Waals surface area contributed by atoms with Crippen molar-refractivity contribution in [2.24, 2.45) is 5.92 Å². The van der Waals surface area contributed by atoms with Gasteiger partial charge in [-0.1, -0.05) is 38.2 Å². The van der Waals surface area contributed by atoms with Crippen molar-refractivity contribution in [3.8, 4) is 0 Å². The predicted octanol–water partition coefficient (Wildman–Crippen LogP) is 4.11. The van der Waals surface area contributed by atoms with Gasteiger partial charge in [0.2, 0.25) is 0 Å². The molecule has 0 aliphatic heterocycles. The van der Waals surface area contributed by atoms with Crippen LogP contribution in [0, 0.1) is 5.92 Å². The number of hydrogen-bond donors (Lipinski definition) is 1. The molecule has 0 aromatic rings. The van der Waals surface area contributed by atoms with Crippen molar-refractivity contribution >= 4 is 18.6 Å². The molecule has 0 radical (unpaired) electrons. The molecule has 2 nitrogen and oxygen atoms in total. The van der Waals surface area contributed by atoms with Crippen LogP contribution in [0.5, 0.6) is 0 Å². The molecule has 0 bridgehead atoms. The highest BCUT2D eigenvalue weighted by atomic mass is 32.1. The maximum Gasteiger partial charge on any atom is 0.313 e. The van der Waals surface area contributed by atoms with Gasteiger partial charge >= 0.3 is 5.97 Å². The van der Waals surface area contributed by atoms with E-state index < -0.39 is 0 Å². The van der Waals surface area contributed by atoms with Crippen molar-refractivity contribution in [1.29, 1.82) is 0 Å². The molecule has 0 fully saturated rings. The number of rotatable bonds is 2. The number of carbonyl (C=O) groups excluding carboxylic acids is 1. The van der Waals surface area contributed by atoms with Gasteiger partial charge in [0.05, 0.1) is 12.5 Å². The Balaban J connectivity index is 2.62. The van der Waals surface area contributed by atoms with E-state index in [9.17, 15) is 4.79 Å². The summed E-state index contributed by atoms with van der Waals surface area (Å²) in [5, 5.41) is 0. The molecule has 1 rings (SSSR count). The fourth-order valence-corrected chi connectivity index (χ4v) is 2.59. The van der Waals surface area contributed by atoms with Crippen LogP contribution in [-0.4, -0.2) is 12.6 Å². The number of hydrogen-bond acceptors (Lipinski definition) is 3. The lowest BCUT2D eigenvalue weighted by Crippen LogP contribution is -2.18. The number of thiol groups is 1. The molecule has 0 heterocycles. The Bertz CT molecular complexity index is 261. The highest BCUT2D eigenvalue weighted by molar-refractivity contribution is 7.84. The van der Waals surface area contributed by atoms with Gasteiger partial charge in [0.15, 0.2) is 0 Å². The second-order valence-corrected chi connectivity index (χ2v) is 5.15. The van der Waals surface area contributed by atoms with Crippen LogP contribution in [0.25, 0.3) is 0 Å². The maximum absolute atomic E-state index is 11.8. The molecule has 98 valence electrons. The lowest BCUT2D eigenvalue weighted by Gasteiger charge is -2.15. The van der Waals surface area contributed by atoms with Crippen LogP contribution in [-0.2, 0) is 9.53 Å². The first kappa shape index (κ1) is 14.6. The summed E-state index contributed by atoms with van der Waals surface area (Å²) < 4.78 is 5.12.